The molecule has 1 saturated carbocycles. The van der Waals surface area contributed by atoms with Gasteiger partial charge in [0.1, 0.15) is 5.76 Å². The number of rotatable bonds is 5. The summed E-state index contributed by atoms with van der Waals surface area (Å²) in [7, 11) is -0.788. The van der Waals surface area contributed by atoms with Gasteiger partial charge in [0.15, 0.2) is 5.82 Å². The Kier molecular flexibility index (Phi) is 5.99. The third-order valence-corrected chi connectivity index (χ3v) is 5.70. The molecule has 1 heterocycles. The van der Waals surface area contributed by atoms with Gasteiger partial charge in [0.25, 0.3) is 0 Å². The summed E-state index contributed by atoms with van der Waals surface area (Å²) in [4.78, 5) is 12.0. The third kappa shape index (κ3) is 4.56. The van der Waals surface area contributed by atoms with E-state index in [9.17, 15) is 9.00 Å². The van der Waals surface area contributed by atoms with Crippen LogP contribution in [0.5, 0.6) is 0 Å². The number of amides is 2. The maximum Gasteiger partial charge on any atom is 0.320 e. The molecule has 124 valence electrons. The molecule has 0 radical (unpaired) electrons. The van der Waals surface area contributed by atoms with Gasteiger partial charge in [-0.1, -0.05) is 32.3 Å². The molecule has 0 bridgehead atoms. The molecule has 1 aromatic heterocycles. The SMILES string of the molecule is CCS(=O)C1CCCC(NC(=O)Nc2cc(C(C)C)on2)C1. The van der Waals surface area contributed by atoms with Gasteiger partial charge in [0.05, 0.1) is 0 Å². The molecule has 1 fully saturated rings. The molecule has 3 atom stereocenters. The second kappa shape index (κ2) is 7.76. The van der Waals surface area contributed by atoms with E-state index in [1.165, 1.54) is 0 Å². The minimum atomic E-state index is -0.788. The lowest BCUT2D eigenvalue weighted by Crippen LogP contribution is -2.43. The fraction of sp³-hybridized carbons (Fsp3) is 0.733. The van der Waals surface area contributed by atoms with Crippen LogP contribution >= 0.6 is 0 Å². The zero-order chi connectivity index (χ0) is 16.1. The normalized spacial score (nSPS) is 23.3. The van der Waals surface area contributed by atoms with Crippen molar-refractivity contribution in [3.05, 3.63) is 11.8 Å². The highest BCUT2D eigenvalue weighted by atomic mass is 32.2. The third-order valence-electron chi connectivity index (χ3n) is 3.96. The molecule has 0 spiro atoms. The molecule has 2 N–H and O–H groups in total. The number of urea groups is 1. The van der Waals surface area contributed by atoms with E-state index < -0.39 is 10.8 Å². The average molecular weight is 327 g/mol. The van der Waals surface area contributed by atoms with Crippen LogP contribution in [0.2, 0.25) is 0 Å². The van der Waals surface area contributed by atoms with E-state index in [4.69, 9.17) is 4.52 Å². The molecule has 1 aliphatic carbocycles. The highest BCUT2D eigenvalue weighted by molar-refractivity contribution is 7.85. The van der Waals surface area contributed by atoms with E-state index in [1.54, 1.807) is 6.07 Å². The van der Waals surface area contributed by atoms with E-state index in [1.807, 2.05) is 20.8 Å². The second-order valence-electron chi connectivity index (χ2n) is 6.02. The maximum absolute atomic E-state index is 12.0. The van der Waals surface area contributed by atoms with E-state index in [2.05, 4.69) is 15.8 Å². The van der Waals surface area contributed by atoms with E-state index in [0.717, 1.165) is 31.4 Å². The van der Waals surface area contributed by atoms with Crippen LogP contribution in [0.25, 0.3) is 0 Å². The minimum Gasteiger partial charge on any atom is -0.359 e. The molecular formula is C15H25N3O3S. The van der Waals surface area contributed by atoms with E-state index in [-0.39, 0.29) is 23.2 Å². The van der Waals surface area contributed by atoms with Crippen molar-refractivity contribution in [1.29, 1.82) is 0 Å². The van der Waals surface area contributed by atoms with Gasteiger partial charge in [-0.3, -0.25) is 9.53 Å². The molecule has 3 unspecified atom stereocenters. The Bertz CT molecular complexity index is 530. The molecule has 0 aliphatic heterocycles. The van der Waals surface area contributed by atoms with Gasteiger partial charge in [-0.15, -0.1) is 0 Å². The summed E-state index contributed by atoms with van der Waals surface area (Å²) < 4.78 is 17.1. The van der Waals surface area contributed by atoms with Crippen LogP contribution in [-0.4, -0.2) is 32.4 Å². The molecule has 0 aromatic carbocycles. The first-order valence-electron chi connectivity index (χ1n) is 7.90. The van der Waals surface area contributed by atoms with Crippen LogP contribution < -0.4 is 10.6 Å². The van der Waals surface area contributed by atoms with Crippen molar-refractivity contribution >= 4 is 22.6 Å². The highest BCUT2D eigenvalue weighted by Gasteiger charge is 2.26. The molecular weight excluding hydrogens is 302 g/mol. The molecule has 7 heteroatoms. The molecule has 0 saturated heterocycles. The average Bonchev–Trinajstić information content (AvgIpc) is 2.95. The number of hydrogen-bond acceptors (Lipinski definition) is 4. The van der Waals surface area contributed by atoms with E-state index in [0.29, 0.717) is 11.6 Å². The molecule has 1 aliphatic rings. The Morgan fingerprint density at radius 3 is 2.91 bits per heavy atom. The highest BCUT2D eigenvalue weighted by Crippen LogP contribution is 2.23. The maximum atomic E-state index is 12.0. The number of hydrogen-bond donors (Lipinski definition) is 2. The smallest absolute Gasteiger partial charge is 0.320 e. The van der Waals surface area contributed by atoms with Gasteiger partial charge in [-0.25, -0.2) is 4.79 Å². The van der Waals surface area contributed by atoms with Crippen molar-refractivity contribution in [1.82, 2.24) is 10.5 Å². The Morgan fingerprint density at radius 1 is 1.50 bits per heavy atom. The summed E-state index contributed by atoms with van der Waals surface area (Å²) in [5, 5.41) is 9.67. The number of carbonyl (C=O) groups excluding carboxylic acids is 1. The topological polar surface area (TPSA) is 84.2 Å². The quantitative estimate of drug-likeness (QED) is 0.870. The van der Waals surface area contributed by atoms with Crippen LogP contribution in [0.3, 0.4) is 0 Å². The van der Waals surface area contributed by atoms with Crippen LogP contribution in [0.4, 0.5) is 10.6 Å². The largest absolute Gasteiger partial charge is 0.359 e. The summed E-state index contributed by atoms with van der Waals surface area (Å²) in [6.45, 7) is 5.94. The first-order chi connectivity index (χ1) is 10.5. The molecule has 22 heavy (non-hydrogen) atoms. The van der Waals surface area contributed by atoms with Gasteiger partial charge in [0, 0.05) is 39.8 Å². The standard InChI is InChI=1S/C15H25N3O3S/c1-4-22(20)12-7-5-6-11(8-12)16-15(19)17-14-9-13(10(2)3)21-18-14/h9-12H,4-8H2,1-3H3,(H2,16,17,18,19). The lowest BCUT2D eigenvalue weighted by molar-refractivity contribution is 0.244. The van der Waals surface area contributed by atoms with E-state index >= 15 is 0 Å². The van der Waals surface area contributed by atoms with Gasteiger partial charge in [-0.05, 0) is 19.3 Å². The number of nitrogens with zero attached hydrogens (tertiary/aromatic N) is 1. The van der Waals surface area contributed by atoms with Crippen molar-refractivity contribution in [3.63, 3.8) is 0 Å². The van der Waals surface area contributed by atoms with Crippen molar-refractivity contribution in [2.75, 3.05) is 11.1 Å². The number of anilines is 1. The van der Waals surface area contributed by atoms with Crippen LogP contribution in [0.1, 0.15) is 58.1 Å². The van der Waals surface area contributed by atoms with Gasteiger partial charge >= 0.3 is 6.03 Å². The zero-order valence-electron chi connectivity index (χ0n) is 13.4. The molecule has 6 nitrogen and oxygen atoms in total. The Balaban J connectivity index is 1.84. The van der Waals surface area contributed by atoms with Crippen LogP contribution in [-0.2, 0) is 10.8 Å². The Morgan fingerprint density at radius 2 is 2.27 bits per heavy atom. The molecule has 2 rings (SSSR count). The Labute approximate surface area is 133 Å². The number of carbonyl (C=O) groups is 1. The van der Waals surface area contributed by atoms with Crippen LogP contribution in [0, 0.1) is 0 Å². The fourth-order valence-electron chi connectivity index (χ4n) is 2.71. The monoisotopic (exact) mass is 327 g/mol. The van der Waals surface area contributed by atoms with Gasteiger partial charge < -0.3 is 9.84 Å². The summed E-state index contributed by atoms with van der Waals surface area (Å²) in [5.74, 6) is 2.08. The number of aromatic nitrogens is 1. The van der Waals surface area contributed by atoms with Gasteiger partial charge in [-0.2, -0.15) is 0 Å². The first kappa shape index (κ1) is 17.0. The van der Waals surface area contributed by atoms with Crippen molar-refractivity contribution in [2.24, 2.45) is 0 Å². The van der Waals surface area contributed by atoms with Crippen molar-refractivity contribution < 1.29 is 13.5 Å². The lowest BCUT2D eigenvalue weighted by atomic mass is 9.95. The summed E-state index contributed by atoms with van der Waals surface area (Å²) in [5.41, 5.74) is 0. The van der Waals surface area contributed by atoms with Gasteiger partial charge in [0.2, 0.25) is 0 Å². The predicted octanol–water partition coefficient (Wildman–Crippen LogP) is 3.00. The van der Waals surface area contributed by atoms with Crippen LogP contribution in [0.15, 0.2) is 10.6 Å². The predicted molar refractivity (Wildman–Crippen MR) is 87.5 cm³/mol. The molecule has 2 amide bonds. The fourth-order valence-corrected chi connectivity index (χ4v) is 4.06. The Hall–Kier alpha value is -1.37. The lowest BCUT2D eigenvalue weighted by Gasteiger charge is -2.28. The summed E-state index contributed by atoms with van der Waals surface area (Å²) in [6, 6.07) is 1.53. The molecule has 1 aromatic rings. The summed E-state index contributed by atoms with van der Waals surface area (Å²) in [6.07, 6.45) is 3.70. The summed E-state index contributed by atoms with van der Waals surface area (Å²) >= 11 is 0. The number of nitrogens with one attached hydrogen (secondary N) is 2. The van der Waals surface area contributed by atoms with Crippen molar-refractivity contribution in [3.8, 4) is 0 Å². The first-order valence-corrected chi connectivity index (χ1v) is 9.29. The minimum absolute atomic E-state index is 0.0747. The van der Waals surface area contributed by atoms with Crippen molar-refractivity contribution in [2.45, 2.75) is 63.7 Å². The zero-order valence-corrected chi connectivity index (χ0v) is 14.2. The second-order valence-corrected chi connectivity index (χ2v) is 8.03.